The van der Waals surface area contributed by atoms with Crippen molar-refractivity contribution in [2.75, 3.05) is 58.9 Å². The molecule has 2 rings (SSSR count). The molecule has 2 atom stereocenters. The third-order valence-corrected chi connectivity index (χ3v) is 5.09. The molecule has 1 saturated heterocycles. The predicted octanol–water partition coefficient (Wildman–Crippen LogP) is 2.32. The molecule has 0 saturated carbocycles. The average Bonchev–Trinajstić information content (AvgIpc) is 2.74. The van der Waals surface area contributed by atoms with E-state index in [0.717, 1.165) is 56.9 Å². The normalized spacial score (nSPS) is 19.4. The van der Waals surface area contributed by atoms with E-state index < -0.39 is 0 Å². The second kappa shape index (κ2) is 11.9. The van der Waals surface area contributed by atoms with Gasteiger partial charge in [0.15, 0.2) is 0 Å². The minimum absolute atomic E-state index is 0.362. The lowest BCUT2D eigenvalue weighted by molar-refractivity contribution is 0.102. The number of β-amino-alcohol motifs (C(OH)–C–C–N with tert-alkyl or cyclic N) is 2. The highest BCUT2D eigenvalue weighted by Crippen LogP contribution is 2.19. The van der Waals surface area contributed by atoms with Gasteiger partial charge in [-0.3, -0.25) is 14.7 Å². The summed E-state index contributed by atoms with van der Waals surface area (Å²) in [5.41, 5.74) is 11.2. The summed E-state index contributed by atoms with van der Waals surface area (Å²) in [6, 6.07) is 7.46. The van der Waals surface area contributed by atoms with E-state index in [1.165, 1.54) is 0 Å². The van der Waals surface area contributed by atoms with Gasteiger partial charge in [0.25, 0.3) is 0 Å². The molecule has 0 aromatic heterocycles. The van der Waals surface area contributed by atoms with E-state index in [4.69, 9.17) is 5.53 Å². The Morgan fingerprint density at radius 3 is 1.83 bits per heavy atom. The lowest BCUT2D eigenvalue weighted by Crippen LogP contribution is -2.41. The number of rotatable bonds is 8. The van der Waals surface area contributed by atoms with Gasteiger partial charge in [-0.2, -0.15) is 0 Å². The summed E-state index contributed by atoms with van der Waals surface area (Å²) in [6.07, 6.45) is -0.724. The Balaban J connectivity index is 2.04. The highest BCUT2D eigenvalue weighted by molar-refractivity contribution is 5.66. The van der Waals surface area contributed by atoms with Gasteiger partial charge in [0.1, 0.15) is 0 Å². The maximum absolute atomic E-state index is 9.82. The first kappa shape index (κ1) is 23.3. The fourth-order valence-corrected chi connectivity index (χ4v) is 3.63. The molecule has 8 nitrogen and oxygen atoms in total. The Bertz CT molecular complexity index is 663. The molecule has 29 heavy (non-hydrogen) atoms. The van der Waals surface area contributed by atoms with Gasteiger partial charge < -0.3 is 10.2 Å². The van der Waals surface area contributed by atoms with Crippen LogP contribution in [0.5, 0.6) is 0 Å². The molecular formula is C21H34N6O2. The second-order valence-corrected chi connectivity index (χ2v) is 7.92. The number of hydrogen-bond donors (Lipinski definition) is 2. The molecular weight excluding hydrogens is 368 g/mol. The Labute approximate surface area is 173 Å². The molecule has 0 bridgehead atoms. The molecule has 1 aliphatic rings. The lowest BCUT2D eigenvalue weighted by atomic mass is 10.1. The molecule has 0 amide bonds. The first-order chi connectivity index (χ1) is 13.9. The standard InChI is InChI=1S/C21H34N6O2/c1-17(20-4-6-21(7-5-20)23-24-22)14-25-8-10-26(15-18(2)28)12-13-27(11-9-25)16-19(3)29/h4-7,18-19,28-29H,1,8-16H2,2-3H3/t18-,19-/m0/s1. The van der Waals surface area contributed by atoms with Crippen molar-refractivity contribution in [3.8, 4) is 0 Å². The summed E-state index contributed by atoms with van der Waals surface area (Å²) in [5, 5.41) is 23.2. The monoisotopic (exact) mass is 402 g/mol. The molecule has 1 aliphatic heterocycles. The molecule has 0 aliphatic carbocycles. The van der Waals surface area contributed by atoms with Crippen LogP contribution in [0.3, 0.4) is 0 Å². The summed E-state index contributed by atoms with van der Waals surface area (Å²) < 4.78 is 0. The molecule has 2 N–H and O–H groups in total. The molecule has 8 heteroatoms. The Kier molecular flexibility index (Phi) is 9.60. The molecule has 0 radical (unpaired) electrons. The van der Waals surface area contributed by atoms with E-state index in [-0.39, 0.29) is 12.2 Å². The maximum atomic E-state index is 9.82. The van der Waals surface area contributed by atoms with Crippen LogP contribution in [-0.4, -0.2) is 96.0 Å². The number of azide groups is 1. The van der Waals surface area contributed by atoms with Gasteiger partial charge >= 0.3 is 0 Å². The third kappa shape index (κ3) is 8.53. The Hall–Kier alpha value is -1.93. The van der Waals surface area contributed by atoms with Gasteiger partial charge in [-0.1, -0.05) is 36.0 Å². The Morgan fingerprint density at radius 1 is 0.966 bits per heavy atom. The summed E-state index contributed by atoms with van der Waals surface area (Å²) in [6.45, 7) is 15.3. The summed E-state index contributed by atoms with van der Waals surface area (Å²) >= 11 is 0. The van der Waals surface area contributed by atoms with Crippen LogP contribution in [0.4, 0.5) is 5.69 Å². The smallest absolute Gasteiger partial charge is 0.0639 e. The highest BCUT2D eigenvalue weighted by atomic mass is 16.3. The van der Waals surface area contributed by atoms with E-state index in [1.54, 1.807) is 12.1 Å². The molecule has 1 fully saturated rings. The van der Waals surface area contributed by atoms with Gasteiger partial charge in [0.05, 0.1) is 12.2 Å². The number of hydrogen-bond acceptors (Lipinski definition) is 6. The van der Waals surface area contributed by atoms with Crippen LogP contribution < -0.4 is 0 Å². The van der Waals surface area contributed by atoms with Crippen molar-refractivity contribution in [3.63, 3.8) is 0 Å². The fourth-order valence-electron chi connectivity index (χ4n) is 3.63. The maximum Gasteiger partial charge on any atom is 0.0639 e. The third-order valence-electron chi connectivity index (χ3n) is 5.09. The second-order valence-electron chi connectivity index (χ2n) is 7.92. The van der Waals surface area contributed by atoms with E-state index in [1.807, 2.05) is 26.0 Å². The minimum atomic E-state index is -0.362. The van der Waals surface area contributed by atoms with Gasteiger partial charge in [-0.05, 0) is 30.5 Å². The van der Waals surface area contributed by atoms with Crippen molar-refractivity contribution < 1.29 is 10.2 Å². The van der Waals surface area contributed by atoms with E-state index in [9.17, 15) is 10.2 Å². The van der Waals surface area contributed by atoms with Gasteiger partial charge in [0.2, 0.25) is 0 Å². The van der Waals surface area contributed by atoms with Crippen molar-refractivity contribution in [2.24, 2.45) is 5.11 Å². The zero-order chi connectivity index (χ0) is 21.2. The molecule has 1 heterocycles. The Morgan fingerprint density at radius 2 is 1.41 bits per heavy atom. The molecule has 160 valence electrons. The molecule has 1 aromatic carbocycles. The first-order valence-electron chi connectivity index (χ1n) is 10.2. The van der Waals surface area contributed by atoms with Crippen molar-refractivity contribution in [1.82, 2.24) is 14.7 Å². The highest BCUT2D eigenvalue weighted by Gasteiger charge is 2.19. The van der Waals surface area contributed by atoms with E-state index in [2.05, 4.69) is 31.3 Å². The van der Waals surface area contributed by atoms with Crippen LogP contribution in [0.1, 0.15) is 19.4 Å². The first-order valence-corrected chi connectivity index (χ1v) is 10.2. The van der Waals surface area contributed by atoms with Crippen LogP contribution in [-0.2, 0) is 0 Å². The molecule has 1 aromatic rings. The van der Waals surface area contributed by atoms with Crippen LogP contribution in [0.2, 0.25) is 0 Å². The number of aliphatic hydroxyl groups is 2. The zero-order valence-electron chi connectivity index (χ0n) is 17.6. The summed E-state index contributed by atoms with van der Waals surface area (Å²) in [4.78, 5) is 9.76. The van der Waals surface area contributed by atoms with Crippen molar-refractivity contribution in [3.05, 3.63) is 46.9 Å². The van der Waals surface area contributed by atoms with Crippen LogP contribution >= 0.6 is 0 Å². The number of aliphatic hydroxyl groups excluding tert-OH is 2. The molecule has 0 unspecified atom stereocenters. The van der Waals surface area contributed by atoms with Crippen molar-refractivity contribution >= 4 is 11.3 Å². The van der Waals surface area contributed by atoms with E-state index >= 15 is 0 Å². The lowest BCUT2D eigenvalue weighted by Gasteiger charge is -2.27. The number of nitrogens with zero attached hydrogens (tertiary/aromatic N) is 6. The number of benzene rings is 1. The van der Waals surface area contributed by atoms with Gasteiger partial charge in [0, 0.05) is 69.5 Å². The zero-order valence-corrected chi connectivity index (χ0v) is 17.6. The topological polar surface area (TPSA) is 98.9 Å². The predicted molar refractivity (Wildman–Crippen MR) is 117 cm³/mol. The van der Waals surface area contributed by atoms with Gasteiger partial charge in [-0.25, -0.2) is 0 Å². The SMILES string of the molecule is C=C(CN1CCN(C[C@H](C)O)CCN(C[C@H](C)O)CC1)c1ccc(N=[N+]=[N-])cc1. The van der Waals surface area contributed by atoms with Crippen LogP contribution in [0, 0.1) is 0 Å². The van der Waals surface area contributed by atoms with Crippen molar-refractivity contribution in [1.29, 1.82) is 0 Å². The van der Waals surface area contributed by atoms with Crippen molar-refractivity contribution in [2.45, 2.75) is 26.1 Å². The minimum Gasteiger partial charge on any atom is -0.392 e. The average molecular weight is 403 g/mol. The van der Waals surface area contributed by atoms with Gasteiger partial charge in [-0.15, -0.1) is 0 Å². The molecule has 0 spiro atoms. The largest absolute Gasteiger partial charge is 0.392 e. The van der Waals surface area contributed by atoms with Crippen LogP contribution in [0.15, 0.2) is 36.0 Å². The fraction of sp³-hybridized carbons (Fsp3) is 0.619. The quantitative estimate of drug-likeness (QED) is 0.395. The summed E-state index contributed by atoms with van der Waals surface area (Å²) in [5.74, 6) is 0. The van der Waals surface area contributed by atoms with E-state index in [0.29, 0.717) is 18.8 Å². The van der Waals surface area contributed by atoms with Crippen LogP contribution in [0.25, 0.3) is 16.0 Å². The summed E-state index contributed by atoms with van der Waals surface area (Å²) in [7, 11) is 0.